The quantitative estimate of drug-likeness (QED) is 0.694. The molecule has 0 fully saturated rings. The Labute approximate surface area is 141 Å². The Morgan fingerprint density at radius 2 is 1.83 bits per heavy atom. The molecule has 0 unspecified atom stereocenters. The monoisotopic (exact) mass is 346 g/mol. The van der Waals surface area contributed by atoms with Crippen LogP contribution in [0.5, 0.6) is 11.5 Å². The summed E-state index contributed by atoms with van der Waals surface area (Å²) in [5.74, 6) is 0.891. The molecule has 0 radical (unpaired) electrons. The molecule has 23 heavy (non-hydrogen) atoms. The van der Waals surface area contributed by atoms with Gasteiger partial charge in [-0.1, -0.05) is 0 Å². The van der Waals surface area contributed by atoms with Gasteiger partial charge in [0.1, 0.15) is 11.5 Å². The largest absolute Gasteiger partial charge is 0.497 e. The topological polar surface area (TPSA) is 63.4 Å². The molecule has 118 valence electrons. The van der Waals surface area contributed by atoms with Crippen LogP contribution in [0.3, 0.4) is 0 Å². The summed E-state index contributed by atoms with van der Waals surface area (Å²) >= 11 is 6.59. The Morgan fingerprint density at radius 1 is 1.13 bits per heavy atom. The number of nitrogens with one attached hydrogen (secondary N) is 2. The highest BCUT2D eigenvalue weighted by molar-refractivity contribution is 7.73. The van der Waals surface area contributed by atoms with Gasteiger partial charge in [0.2, 0.25) is 0 Å². The number of amides is 1. The number of aromatic amines is 1. The Bertz CT molecular complexity index is 908. The van der Waals surface area contributed by atoms with Crippen molar-refractivity contribution in [1.29, 1.82) is 0 Å². The summed E-state index contributed by atoms with van der Waals surface area (Å²) in [4.78, 5) is 15.5. The lowest BCUT2D eigenvalue weighted by atomic mass is 10.1. The van der Waals surface area contributed by atoms with Crippen molar-refractivity contribution in [2.75, 3.05) is 19.5 Å². The maximum absolute atomic E-state index is 12.4. The van der Waals surface area contributed by atoms with Crippen molar-refractivity contribution >= 4 is 45.4 Å². The summed E-state index contributed by atoms with van der Waals surface area (Å²) < 4.78 is 12.1. The van der Waals surface area contributed by atoms with E-state index in [0.717, 1.165) is 10.2 Å². The van der Waals surface area contributed by atoms with Gasteiger partial charge in [-0.05, 0) is 42.5 Å². The number of carbonyl (C=O) groups excluding carboxylic acids is 1. The lowest BCUT2D eigenvalue weighted by molar-refractivity contribution is 0.102. The van der Waals surface area contributed by atoms with Crippen molar-refractivity contribution in [1.82, 2.24) is 4.98 Å². The third-order valence-corrected chi connectivity index (χ3v) is 4.49. The third kappa shape index (κ3) is 3.35. The van der Waals surface area contributed by atoms with Gasteiger partial charge in [-0.2, -0.15) is 0 Å². The van der Waals surface area contributed by atoms with Crippen molar-refractivity contribution in [3.8, 4) is 11.5 Å². The highest BCUT2D eigenvalue weighted by Gasteiger charge is 2.11. The molecule has 3 aromatic rings. The van der Waals surface area contributed by atoms with Gasteiger partial charge in [-0.25, -0.2) is 0 Å². The number of H-pyrrole nitrogens is 1. The lowest BCUT2D eigenvalue weighted by Crippen LogP contribution is -2.12. The van der Waals surface area contributed by atoms with Crippen LogP contribution < -0.4 is 14.8 Å². The molecule has 0 aliphatic rings. The van der Waals surface area contributed by atoms with Crippen LogP contribution in [0.25, 0.3) is 10.2 Å². The van der Waals surface area contributed by atoms with Crippen LogP contribution in [0.2, 0.25) is 0 Å². The number of carbonyl (C=O) groups is 1. The van der Waals surface area contributed by atoms with E-state index in [-0.39, 0.29) is 5.91 Å². The first kappa shape index (κ1) is 15.5. The maximum atomic E-state index is 12.4. The number of hydrogen-bond acceptors (Lipinski definition) is 5. The molecule has 3 rings (SSSR count). The van der Waals surface area contributed by atoms with Crippen molar-refractivity contribution in [2.24, 2.45) is 0 Å². The van der Waals surface area contributed by atoms with Crippen molar-refractivity contribution < 1.29 is 14.3 Å². The fraction of sp³-hybridized carbons (Fsp3) is 0.125. The van der Waals surface area contributed by atoms with Crippen LogP contribution in [-0.4, -0.2) is 25.1 Å². The van der Waals surface area contributed by atoms with E-state index < -0.39 is 0 Å². The molecule has 2 N–H and O–H groups in total. The van der Waals surface area contributed by atoms with Gasteiger partial charge in [0, 0.05) is 17.3 Å². The lowest BCUT2D eigenvalue weighted by Gasteiger charge is -2.09. The molecule has 0 bridgehead atoms. The van der Waals surface area contributed by atoms with Crippen LogP contribution in [0.15, 0.2) is 36.4 Å². The van der Waals surface area contributed by atoms with E-state index in [1.54, 1.807) is 32.4 Å². The van der Waals surface area contributed by atoms with Crippen LogP contribution >= 0.6 is 23.6 Å². The molecule has 2 aromatic carbocycles. The summed E-state index contributed by atoms with van der Waals surface area (Å²) in [7, 11) is 3.09. The number of thiazole rings is 1. The van der Waals surface area contributed by atoms with E-state index in [1.165, 1.54) is 11.3 Å². The van der Waals surface area contributed by atoms with Gasteiger partial charge in [-0.15, -0.1) is 11.3 Å². The van der Waals surface area contributed by atoms with Crippen LogP contribution in [0, 0.1) is 3.95 Å². The van der Waals surface area contributed by atoms with Gasteiger partial charge in [0.15, 0.2) is 3.95 Å². The van der Waals surface area contributed by atoms with Crippen molar-refractivity contribution in [3.05, 3.63) is 45.9 Å². The zero-order valence-corrected chi connectivity index (χ0v) is 14.1. The second kappa shape index (κ2) is 6.39. The average molecular weight is 346 g/mol. The fourth-order valence-electron chi connectivity index (χ4n) is 2.16. The number of ether oxygens (including phenoxy) is 2. The number of benzene rings is 2. The molecule has 1 heterocycles. The molecule has 5 nitrogen and oxygen atoms in total. The van der Waals surface area contributed by atoms with Gasteiger partial charge in [-0.3, -0.25) is 4.79 Å². The summed E-state index contributed by atoms with van der Waals surface area (Å²) in [6.07, 6.45) is 0. The van der Waals surface area contributed by atoms with Crippen molar-refractivity contribution in [3.63, 3.8) is 0 Å². The van der Waals surface area contributed by atoms with E-state index >= 15 is 0 Å². The van der Waals surface area contributed by atoms with Gasteiger partial charge < -0.3 is 19.8 Å². The zero-order valence-electron chi connectivity index (χ0n) is 12.5. The second-order valence-corrected chi connectivity index (χ2v) is 6.50. The molecule has 0 saturated carbocycles. The smallest absolute Gasteiger partial charge is 0.255 e. The molecular formula is C16H14N2O3S2. The van der Waals surface area contributed by atoms with Crippen molar-refractivity contribution in [2.45, 2.75) is 0 Å². The predicted molar refractivity (Wildman–Crippen MR) is 94.5 cm³/mol. The zero-order chi connectivity index (χ0) is 16.4. The Kier molecular flexibility index (Phi) is 4.31. The number of rotatable bonds is 4. The molecular weight excluding hydrogens is 332 g/mol. The Balaban J connectivity index is 1.89. The summed E-state index contributed by atoms with van der Waals surface area (Å²) in [5.41, 5.74) is 2.12. The summed E-state index contributed by atoms with van der Waals surface area (Å²) in [6, 6.07) is 10.7. The first-order valence-electron chi connectivity index (χ1n) is 6.76. The van der Waals surface area contributed by atoms with Crippen LogP contribution in [0.1, 0.15) is 10.4 Å². The van der Waals surface area contributed by atoms with E-state index in [2.05, 4.69) is 10.3 Å². The standard InChI is InChI=1S/C16H14N2O3S2/c1-20-11-5-9(6-12(8-11)21-2)15(19)17-10-3-4-13-14(7-10)23-16(22)18-13/h3-8H,1-2H3,(H,17,19)(H,18,22). The molecule has 0 saturated heterocycles. The molecule has 1 aromatic heterocycles. The van der Waals surface area contributed by atoms with Gasteiger partial charge >= 0.3 is 0 Å². The normalized spacial score (nSPS) is 10.5. The number of anilines is 1. The molecule has 7 heteroatoms. The highest BCUT2D eigenvalue weighted by Crippen LogP contribution is 2.25. The number of aromatic nitrogens is 1. The first-order valence-corrected chi connectivity index (χ1v) is 7.99. The minimum Gasteiger partial charge on any atom is -0.497 e. The number of methoxy groups -OCH3 is 2. The molecule has 0 spiro atoms. The Hall–Kier alpha value is -2.38. The predicted octanol–water partition coefficient (Wildman–Crippen LogP) is 4.23. The fourth-order valence-corrected chi connectivity index (χ4v) is 3.32. The minimum atomic E-state index is -0.235. The van der Waals surface area contributed by atoms with E-state index in [9.17, 15) is 4.79 Å². The van der Waals surface area contributed by atoms with E-state index in [0.29, 0.717) is 26.7 Å². The van der Waals surface area contributed by atoms with Crippen LogP contribution in [-0.2, 0) is 0 Å². The minimum absolute atomic E-state index is 0.235. The molecule has 0 aliphatic carbocycles. The summed E-state index contributed by atoms with van der Waals surface area (Å²) in [5, 5.41) is 2.87. The van der Waals surface area contributed by atoms with Crippen LogP contribution in [0.4, 0.5) is 5.69 Å². The highest BCUT2D eigenvalue weighted by atomic mass is 32.1. The third-order valence-electron chi connectivity index (χ3n) is 3.29. The second-order valence-electron chi connectivity index (χ2n) is 4.78. The maximum Gasteiger partial charge on any atom is 0.255 e. The van der Waals surface area contributed by atoms with Gasteiger partial charge in [0.05, 0.1) is 24.4 Å². The average Bonchev–Trinajstić information content (AvgIpc) is 2.93. The Morgan fingerprint density at radius 3 is 2.48 bits per heavy atom. The molecule has 1 amide bonds. The number of fused-ring (bicyclic) bond motifs is 1. The van der Waals surface area contributed by atoms with E-state index in [1.807, 2.05) is 18.2 Å². The number of hydrogen-bond donors (Lipinski definition) is 2. The van der Waals surface area contributed by atoms with E-state index in [4.69, 9.17) is 21.7 Å². The molecule has 0 aliphatic heterocycles. The SMILES string of the molecule is COc1cc(OC)cc(C(=O)Nc2ccc3[nH]c(=S)sc3c2)c1. The first-order chi connectivity index (χ1) is 11.1. The molecule has 0 atom stereocenters. The van der Waals surface area contributed by atoms with Gasteiger partial charge in [0.25, 0.3) is 5.91 Å². The summed E-state index contributed by atoms with van der Waals surface area (Å²) in [6.45, 7) is 0.